The Hall–Kier alpha value is -6.76. The van der Waals surface area contributed by atoms with Crippen molar-refractivity contribution in [1.29, 1.82) is 0 Å². The first kappa shape index (κ1) is 28.9. The fourth-order valence-electron chi connectivity index (χ4n) is 10.1. The highest BCUT2D eigenvalue weighted by Gasteiger charge is 2.52. The maximum atomic E-state index is 2.55. The highest BCUT2D eigenvalue weighted by atomic mass is 14.5. The summed E-state index contributed by atoms with van der Waals surface area (Å²) < 4.78 is 0. The molecule has 0 amide bonds. The summed E-state index contributed by atoms with van der Waals surface area (Å²) >= 11 is 0. The highest BCUT2D eigenvalue weighted by molar-refractivity contribution is 6.17. The van der Waals surface area contributed by atoms with E-state index in [1.165, 1.54) is 110 Å². The first-order chi connectivity index (χ1) is 26.3. The third kappa shape index (κ3) is 3.75. The zero-order chi connectivity index (χ0) is 34.7. The molecule has 0 radical (unpaired) electrons. The Morgan fingerprint density at radius 3 is 1.40 bits per heavy atom. The lowest BCUT2D eigenvalue weighted by atomic mass is 9.70. The zero-order valence-corrected chi connectivity index (χ0v) is 29.0. The number of fused-ring (bicyclic) bond motifs is 17. The van der Waals surface area contributed by atoms with Gasteiger partial charge in [-0.3, -0.25) is 0 Å². The van der Waals surface area contributed by atoms with Crippen LogP contribution in [0.1, 0.15) is 22.3 Å². The maximum Gasteiger partial charge on any atom is 0.0726 e. The van der Waals surface area contributed by atoms with Gasteiger partial charge >= 0.3 is 0 Å². The standard InChI is InChI=1S/C53H32/c1-4-16-38-33(13-1)29-30-49-51(38)52-44-22-8-7-19-41(44)46(32-50(52)53(49)47-23-11-9-20-42(47)43-21-10-12-24-48(43)53)35-27-25-34(26-28-35)45-31-36-14-2-3-15-37(36)39-17-5-6-18-40(39)45/h1-32H. The smallest absolute Gasteiger partial charge is 0.0619 e. The number of benzene rings is 10. The molecule has 0 fully saturated rings. The second-order valence-electron chi connectivity index (χ2n) is 14.7. The SMILES string of the molecule is c1ccc2c(c1)-c1ccccc1C21c2ccc3ccccc3c2-c2c1cc(-c1ccc(-c3cc4ccccc4c4ccccc34)cc1)c1ccccc21. The third-order valence-corrected chi connectivity index (χ3v) is 12.3. The first-order valence-corrected chi connectivity index (χ1v) is 18.6. The van der Waals surface area contributed by atoms with Gasteiger partial charge in [0.25, 0.3) is 0 Å². The topological polar surface area (TPSA) is 0 Å². The van der Waals surface area contributed by atoms with Gasteiger partial charge in [0.1, 0.15) is 0 Å². The quantitative estimate of drug-likeness (QED) is 0.161. The molecule has 0 bridgehead atoms. The molecule has 0 N–H and O–H groups in total. The molecule has 0 atom stereocenters. The third-order valence-electron chi connectivity index (χ3n) is 12.3. The van der Waals surface area contributed by atoms with Crippen LogP contribution in [0, 0.1) is 0 Å². The second-order valence-corrected chi connectivity index (χ2v) is 14.7. The molecule has 0 heteroatoms. The van der Waals surface area contributed by atoms with Crippen LogP contribution in [-0.4, -0.2) is 0 Å². The number of rotatable bonds is 2. The molecule has 1 spiro atoms. The Kier molecular flexibility index (Phi) is 5.80. The minimum atomic E-state index is -0.426. The van der Waals surface area contributed by atoms with Crippen molar-refractivity contribution < 1.29 is 0 Å². The molecule has 10 aromatic carbocycles. The summed E-state index contributed by atoms with van der Waals surface area (Å²) in [7, 11) is 0. The van der Waals surface area contributed by atoms with Gasteiger partial charge in [-0.2, -0.15) is 0 Å². The zero-order valence-electron chi connectivity index (χ0n) is 29.0. The maximum absolute atomic E-state index is 2.55. The predicted molar refractivity (Wildman–Crippen MR) is 224 cm³/mol. The molecule has 2 aliphatic rings. The van der Waals surface area contributed by atoms with Gasteiger partial charge in [-0.15, -0.1) is 0 Å². The molecule has 244 valence electrons. The lowest BCUT2D eigenvalue weighted by Crippen LogP contribution is -2.26. The molecule has 0 aromatic heterocycles. The van der Waals surface area contributed by atoms with Crippen molar-refractivity contribution in [3.8, 4) is 44.5 Å². The fourth-order valence-corrected chi connectivity index (χ4v) is 10.1. The molecule has 0 unspecified atom stereocenters. The van der Waals surface area contributed by atoms with E-state index in [0.29, 0.717) is 0 Å². The van der Waals surface area contributed by atoms with Gasteiger partial charge in [0, 0.05) is 0 Å². The van der Waals surface area contributed by atoms with Crippen molar-refractivity contribution in [2.45, 2.75) is 5.41 Å². The van der Waals surface area contributed by atoms with Crippen molar-refractivity contribution in [1.82, 2.24) is 0 Å². The lowest BCUT2D eigenvalue weighted by molar-refractivity contribution is 0.795. The van der Waals surface area contributed by atoms with Crippen LogP contribution >= 0.6 is 0 Å². The van der Waals surface area contributed by atoms with Gasteiger partial charge in [-0.25, -0.2) is 0 Å². The molecule has 10 aromatic rings. The van der Waals surface area contributed by atoms with Crippen LogP contribution in [0.4, 0.5) is 0 Å². The fraction of sp³-hybridized carbons (Fsp3) is 0.0189. The van der Waals surface area contributed by atoms with Crippen LogP contribution in [0.3, 0.4) is 0 Å². The predicted octanol–water partition coefficient (Wildman–Crippen LogP) is 14.0. The monoisotopic (exact) mass is 668 g/mol. The van der Waals surface area contributed by atoms with Gasteiger partial charge in [0.05, 0.1) is 5.41 Å². The average Bonchev–Trinajstić information content (AvgIpc) is 3.71. The van der Waals surface area contributed by atoms with Crippen LogP contribution in [0.5, 0.6) is 0 Å². The Morgan fingerprint density at radius 2 is 0.717 bits per heavy atom. The minimum absolute atomic E-state index is 0.426. The first-order valence-electron chi connectivity index (χ1n) is 18.6. The molecule has 0 nitrogen and oxygen atoms in total. The molecular weight excluding hydrogens is 637 g/mol. The normalized spacial score (nSPS) is 13.4. The summed E-state index contributed by atoms with van der Waals surface area (Å²) in [6.07, 6.45) is 0. The van der Waals surface area contributed by atoms with Crippen LogP contribution in [0.2, 0.25) is 0 Å². The van der Waals surface area contributed by atoms with Crippen molar-refractivity contribution in [2.75, 3.05) is 0 Å². The Morgan fingerprint density at radius 1 is 0.245 bits per heavy atom. The summed E-state index contributed by atoms with van der Waals surface area (Å²) in [6, 6.07) is 72.8. The second kappa shape index (κ2) is 10.6. The van der Waals surface area contributed by atoms with E-state index < -0.39 is 5.41 Å². The van der Waals surface area contributed by atoms with Crippen molar-refractivity contribution in [2.24, 2.45) is 0 Å². The van der Waals surface area contributed by atoms with E-state index >= 15 is 0 Å². The van der Waals surface area contributed by atoms with Crippen LogP contribution in [-0.2, 0) is 5.41 Å². The Labute approximate surface area is 308 Å². The summed E-state index contributed by atoms with van der Waals surface area (Å²) in [6.45, 7) is 0. The summed E-state index contributed by atoms with van der Waals surface area (Å²) in [5.74, 6) is 0. The summed E-state index contributed by atoms with van der Waals surface area (Å²) in [4.78, 5) is 0. The van der Waals surface area contributed by atoms with E-state index in [1.54, 1.807) is 0 Å². The number of hydrogen-bond donors (Lipinski definition) is 0. The largest absolute Gasteiger partial charge is 0.0726 e. The van der Waals surface area contributed by atoms with Gasteiger partial charge in [0.15, 0.2) is 0 Å². The van der Waals surface area contributed by atoms with E-state index in [0.717, 1.165) is 0 Å². The minimum Gasteiger partial charge on any atom is -0.0619 e. The van der Waals surface area contributed by atoms with Gasteiger partial charge in [-0.05, 0) is 122 Å². The van der Waals surface area contributed by atoms with E-state index in [9.17, 15) is 0 Å². The van der Waals surface area contributed by atoms with Crippen LogP contribution in [0.25, 0.3) is 87.6 Å². The van der Waals surface area contributed by atoms with Crippen molar-refractivity contribution >= 4 is 43.1 Å². The molecule has 0 saturated carbocycles. The lowest BCUT2D eigenvalue weighted by Gasteiger charge is -2.31. The molecular formula is C53H32. The number of hydrogen-bond acceptors (Lipinski definition) is 0. The van der Waals surface area contributed by atoms with Crippen LogP contribution < -0.4 is 0 Å². The molecule has 0 heterocycles. The highest BCUT2D eigenvalue weighted by Crippen LogP contribution is 2.65. The summed E-state index contributed by atoms with van der Waals surface area (Å²) in [5, 5.41) is 10.3. The van der Waals surface area contributed by atoms with Gasteiger partial charge < -0.3 is 0 Å². The van der Waals surface area contributed by atoms with E-state index in [-0.39, 0.29) is 0 Å². The molecule has 0 saturated heterocycles. The Balaban J connectivity index is 1.15. The van der Waals surface area contributed by atoms with Gasteiger partial charge in [0.2, 0.25) is 0 Å². The van der Waals surface area contributed by atoms with E-state index in [1.807, 2.05) is 0 Å². The van der Waals surface area contributed by atoms with E-state index in [4.69, 9.17) is 0 Å². The van der Waals surface area contributed by atoms with Crippen LogP contribution in [0.15, 0.2) is 194 Å². The van der Waals surface area contributed by atoms with Crippen molar-refractivity contribution in [3.05, 3.63) is 216 Å². The molecule has 53 heavy (non-hydrogen) atoms. The Bertz CT molecular complexity index is 3120. The van der Waals surface area contributed by atoms with E-state index in [2.05, 4.69) is 194 Å². The average molecular weight is 669 g/mol. The summed E-state index contributed by atoms with van der Waals surface area (Å²) in [5.41, 5.74) is 15.5. The van der Waals surface area contributed by atoms with Crippen molar-refractivity contribution in [3.63, 3.8) is 0 Å². The molecule has 12 rings (SSSR count). The molecule has 0 aliphatic heterocycles. The molecule has 2 aliphatic carbocycles. The van der Waals surface area contributed by atoms with Gasteiger partial charge in [-0.1, -0.05) is 182 Å².